The quantitative estimate of drug-likeness (QED) is 0.862. The van der Waals surface area contributed by atoms with Gasteiger partial charge in [0.1, 0.15) is 5.54 Å². The molecule has 1 heterocycles. The lowest BCUT2D eigenvalue weighted by atomic mass is 9.92. The van der Waals surface area contributed by atoms with Gasteiger partial charge in [0, 0.05) is 9.85 Å². The highest BCUT2D eigenvalue weighted by atomic mass is 79.9. The van der Waals surface area contributed by atoms with Gasteiger partial charge in [0.15, 0.2) is 5.13 Å². The number of anilines is 1. The summed E-state index contributed by atoms with van der Waals surface area (Å²) in [5.74, 6) is 0.0668. The van der Waals surface area contributed by atoms with E-state index in [1.807, 2.05) is 29.6 Å². The maximum absolute atomic E-state index is 12.4. The number of rotatable bonds is 4. The molecule has 1 amide bonds. The van der Waals surface area contributed by atoms with Gasteiger partial charge in [-0.3, -0.25) is 4.79 Å². The first kappa shape index (κ1) is 16.1. The van der Waals surface area contributed by atoms with Crippen molar-refractivity contribution in [2.75, 3.05) is 5.32 Å². The van der Waals surface area contributed by atoms with Gasteiger partial charge in [-0.25, -0.2) is 4.98 Å². The van der Waals surface area contributed by atoms with Crippen LogP contribution in [-0.4, -0.2) is 10.9 Å². The Hall–Kier alpha value is -1.24. The van der Waals surface area contributed by atoms with E-state index in [9.17, 15) is 4.79 Å². The zero-order valence-corrected chi connectivity index (χ0v) is 14.6. The SMILES string of the molecule is CC(C)c1csc(NC(=O)C(C)(N)c2ccc(Br)cc2)n1. The first-order valence-electron chi connectivity index (χ1n) is 6.62. The van der Waals surface area contributed by atoms with Crippen molar-refractivity contribution in [2.45, 2.75) is 32.2 Å². The summed E-state index contributed by atoms with van der Waals surface area (Å²) >= 11 is 4.78. The lowest BCUT2D eigenvalue weighted by Crippen LogP contribution is -2.45. The Morgan fingerprint density at radius 3 is 2.52 bits per heavy atom. The van der Waals surface area contributed by atoms with Crippen LogP contribution in [0.2, 0.25) is 0 Å². The number of thiazole rings is 1. The molecule has 21 heavy (non-hydrogen) atoms. The van der Waals surface area contributed by atoms with Crippen molar-refractivity contribution < 1.29 is 4.79 Å². The molecule has 2 aromatic rings. The Labute approximate surface area is 136 Å². The van der Waals surface area contributed by atoms with E-state index in [0.717, 1.165) is 15.7 Å². The number of nitrogens with zero attached hydrogens (tertiary/aromatic N) is 1. The van der Waals surface area contributed by atoms with Gasteiger partial charge in [0.25, 0.3) is 5.91 Å². The van der Waals surface area contributed by atoms with Crippen molar-refractivity contribution in [2.24, 2.45) is 5.73 Å². The van der Waals surface area contributed by atoms with Crippen LogP contribution in [0.25, 0.3) is 0 Å². The van der Waals surface area contributed by atoms with Crippen molar-refractivity contribution >= 4 is 38.3 Å². The van der Waals surface area contributed by atoms with Crippen LogP contribution < -0.4 is 11.1 Å². The molecule has 1 aromatic carbocycles. The van der Waals surface area contributed by atoms with Gasteiger partial charge in [-0.05, 0) is 30.5 Å². The molecule has 0 radical (unpaired) electrons. The fraction of sp³-hybridized carbons (Fsp3) is 0.333. The Morgan fingerprint density at radius 1 is 1.38 bits per heavy atom. The van der Waals surface area contributed by atoms with E-state index in [-0.39, 0.29) is 5.91 Å². The van der Waals surface area contributed by atoms with Gasteiger partial charge < -0.3 is 11.1 Å². The maximum atomic E-state index is 12.4. The first-order valence-corrected chi connectivity index (χ1v) is 8.29. The van der Waals surface area contributed by atoms with Crippen molar-refractivity contribution in [1.29, 1.82) is 0 Å². The fourth-order valence-corrected chi connectivity index (χ4v) is 2.89. The highest BCUT2D eigenvalue weighted by Crippen LogP contribution is 2.25. The Bertz CT molecular complexity index is 635. The van der Waals surface area contributed by atoms with Crippen LogP contribution in [-0.2, 0) is 10.3 Å². The van der Waals surface area contributed by atoms with Crippen LogP contribution >= 0.6 is 27.3 Å². The zero-order chi connectivity index (χ0) is 15.6. The van der Waals surface area contributed by atoms with E-state index in [1.165, 1.54) is 11.3 Å². The number of halogens is 1. The third kappa shape index (κ3) is 3.70. The highest BCUT2D eigenvalue weighted by Gasteiger charge is 2.31. The first-order chi connectivity index (χ1) is 9.80. The van der Waals surface area contributed by atoms with Crippen LogP contribution in [0.3, 0.4) is 0 Å². The lowest BCUT2D eigenvalue weighted by Gasteiger charge is -2.23. The number of carbonyl (C=O) groups excluding carboxylic acids is 1. The van der Waals surface area contributed by atoms with Gasteiger partial charge >= 0.3 is 0 Å². The predicted octanol–water partition coefficient (Wildman–Crippen LogP) is 3.84. The highest BCUT2D eigenvalue weighted by molar-refractivity contribution is 9.10. The van der Waals surface area contributed by atoms with E-state index in [4.69, 9.17) is 5.73 Å². The number of nitrogens with one attached hydrogen (secondary N) is 1. The molecule has 0 aliphatic carbocycles. The van der Waals surface area contributed by atoms with Crippen LogP contribution in [0.15, 0.2) is 34.1 Å². The molecule has 0 aliphatic rings. The maximum Gasteiger partial charge on any atom is 0.250 e. The smallest absolute Gasteiger partial charge is 0.250 e. The summed E-state index contributed by atoms with van der Waals surface area (Å²) in [5, 5.41) is 5.34. The standard InChI is InChI=1S/C15H18BrN3OS/c1-9(2)12-8-21-14(18-12)19-13(20)15(3,17)10-4-6-11(16)7-5-10/h4-9H,17H2,1-3H3,(H,18,19,20). The summed E-state index contributed by atoms with van der Waals surface area (Å²) in [7, 11) is 0. The van der Waals surface area contributed by atoms with Crippen molar-refractivity contribution in [1.82, 2.24) is 4.98 Å². The van der Waals surface area contributed by atoms with Gasteiger partial charge in [-0.15, -0.1) is 11.3 Å². The van der Waals surface area contributed by atoms with E-state index >= 15 is 0 Å². The van der Waals surface area contributed by atoms with Gasteiger partial charge in [-0.2, -0.15) is 0 Å². The molecule has 6 heteroatoms. The minimum absolute atomic E-state index is 0.269. The largest absolute Gasteiger partial charge is 0.314 e. The van der Waals surface area contributed by atoms with E-state index in [0.29, 0.717) is 11.0 Å². The average molecular weight is 368 g/mol. The fourth-order valence-electron chi connectivity index (χ4n) is 1.76. The molecule has 4 nitrogen and oxygen atoms in total. The third-order valence-corrected chi connectivity index (χ3v) is 4.55. The summed E-state index contributed by atoms with van der Waals surface area (Å²) in [6, 6.07) is 7.41. The molecule has 0 aliphatic heterocycles. The molecule has 0 saturated heterocycles. The molecule has 0 bridgehead atoms. The van der Waals surface area contributed by atoms with Crippen LogP contribution in [0.4, 0.5) is 5.13 Å². The second kappa shape index (κ2) is 6.25. The second-order valence-electron chi connectivity index (χ2n) is 5.40. The summed E-state index contributed by atoms with van der Waals surface area (Å²) in [6.45, 7) is 5.83. The molecular weight excluding hydrogens is 350 g/mol. The van der Waals surface area contributed by atoms with Gasteiger partial charge in [-0.1, -0.05) is 41.9 Å². The molecule has 0 saturated carbocycles. The van der Waals surface area contributed by atoms with Gasteiger partial charge in [0.05, 0.1) is 5.69 Å². The molecule has 1 atom stereocenters. The Balaban J connectivity index is 2.15. The number of benzene rings is 1. The van der Waals surface area contributed by atoms with Gasteiger partial charge in [0.2, 0.25) is 0 Å². The molecule has 1 unspecified atom stereocenters. The zero-order valence-electron chi connectivity index (χ0n) is 12.2. The minimum Gasteiger partial charge on any atom is -0.314 e. The minimum atomic E-state index is -1.11. The molecule has 3 N–H and O–H groups in total. The van der Waals surface area contributed by atoms with E-state index in [2.05, 4.69) is 40.1 Å². The summed E-state index contributed by atoms with van der Waals surface area (Å²) in [4.78, 5) is 16.8. The predicted molar refractivity (Wildman–Crippen MR) is 90.5 cm³/mol. The number of amides is 1. The van der Waals surface area contributed by atoms with Crippen molar-refractivity contribution in [3.8, 4) is 0 Å². The normalized spacial score (nSPS) is 14.0. The summed E-state index contributed by atoms with van der Waals surface area (Å²) in [5.41, 5.74) is 6.81. The Morgan fingerprint density at radius 2 is 2.00 bits per heavy atom. The molecule has 2 rings (SSSR count). The van der Waals surface area contributed by atoms with E-state index < -0.39 is 5.54 Å². The van der Waals surface area contributed by atoms with Crippen LogP contribution in [0, 0.1) is 0 Å². The molecular formula is C15H18BrN3OS. The third-order valence-electron chi connectivity index (χ3n) is 3.25. The Kier molecular flexibility index (Phi) is 4.81. The van der Waals surface area contributed by atoms with Crippen molar-refractivity contribution in [3.63, 3.8) is 0 Å². The average Bonchev–Trinajstić information content (AvgIpc) is 2.88. The number of hydrogen-bond acceptors (Lipinski definition) is 4. The molecule has 0 spiro atoms. The summed E-state index contributed by atoms with van der Waals surface area (Å²) < 4.78 is 0.948. The summed E-state index contributed by atoms with van der Waals surface area (Å²) in [6.07, 6.45) is 0. The second-order valence-corrected chi connectivity index (χ2v) is 7.17. The topological polar surface area (TPSA) is 68.0 Å². The number of nitrogens with two attached hydrogens (primary N) is 1. The lowest BCUT2D eigenvalue weighted by molar-refractivity contribution is -0.120. The molecule has 0 fully saturated rings. The van der Waals surface area contributed by atoms with Crippen LogP contribution in [0.5, 0.6) is 0 Å². The van der Waals surface area contributed by atoms with Crippen LogP contribution in [0.1, 0.15) is 37.9 Å². The molecule has 112 valence electrons. The number of hydrogen-bond donors (Lipinski definition) is 2. The van der Waals surface area contributed by atoms with E-state index in [1.54, 1.807) is 6.92 Å². The molecule has 1 aromatic heterocycles. The number of carbonyl (C=O) groups is 1. The van der Waals surface area contributed by atoms with Crippen molar-refractivity contribution in [3.05, 3.63) is 45.4 Å². The monoisotopic (exact) mass is 367 g/mol. The number of aromatic nitrogens is 1.